The average Bonchev–Trinajstić information content (AvgIpc) is 3.62. The van der Waals surface area contributed by atoms with Crippen LogP contribution in [0.25, 0.3) is 11.0 Å². The first-order valence-corrected chi connectivity index (χ1v) is 15.4. The summed E-state index contributed by atoms with van der Waals surface area (Å²) in [6.45, 7) is 6.85. The molecule has 0 radical (unpaired) electrons. The molecule has 10 heteroatoms. The molecule has 4 aliphatic rings. The first-order valence-electron chi connectivity index (χ1n) is 15.4. The molecule has 2 saturated carbocycles. The van der Waals surface area contributed by atoms with Crippen LogP contribution in [0.2, 0.25) is 0 Å². The largest absolute Gasteiger partial charge is 0.368 e. The molecule has 7 rings (SSSR count). The second-order valence-electron chi connectivity index (χ2n) is 13.0. The highest BCUT2D eigenvalue weighted by atomic mass is 16.2. The van der Waals surface area contributed by atoms with E-state index < -0.39 is 0 Å². The van der Waals surface area contributed by atoms with Gasteiger partial charge in [0.25, 0.3) is 5.91 Å². The Morgan fingerprint density at radius 1 is 1.05 bits per heavy atom. The number of amides is 1. The summed E-state index contributed by atoms with van der Waals surface area (Å²) in [7, 11) is 5.88. The number of nitrogens with one attached hydrogen (secondary N) is 1. The van der Waals surface area contributed by atoms with E-state index in [-0.39, 0.29) is 5.91 Å². The summed E-state index contributed by atoms with van der Waals surface area (Å²) in [6, 6.07) is 6.37. The number of likely N-dealkylation sites (tertiary alicyclic amines) is 1. The van der Waals surface area contributed by atoms with Crippen molar-refractivity contribution in [2.24, 2.45) is 5.92 Å². The molecule has 2 aliphatic heterocycles. The highest BCUT2D eigenvalue weighted by Gasteiger charge is 2.52. The van der Waals surface area contributed by atoms with Crippen LogP contribution < -0.4 is 10.2 Å². The third kappa shape index (κ3) is 4.95. The van der Waals surface area contributed by atoms with Crippen molar-refractivity contribution in [3.63, 3.8) is 0 Å². The smallest absolute Gasteiger partial charge is 0.270 e. The predicted octanol–water partition coefficient (Wildman–Crippen LogP) is 3.99. The van der Waals surface area contributed by atoms with Gasteiger partial charge < -0.3 is 24.6 Å². The van der Waals surface area contributed by atoms with Crippen molar-refractivity contribution in [3.05, 3.63) is 36.3 Å². The van der Waals surface area contributed by atoms with E-state index in [0.29, 0.717) is 23.2 Å². The third-order valence-corrected chi connectivity index (χ3v) is 10.2. The minimum atomic E-state index is 0.000394. The Morgan fingerprint density at radius 3 is 2.46 bits per heavy atom. The van der Waals surface area contributed by atoms with Gasteiger partial charge in [0.1, 0.15) is 17.2 Å². The molecule has 3 aromatic heterocycles. The van der Waals surface area contributed by atoms with E-state index >= 15 is 0 Å². The SMILES string of the molecule is CN(C)C(=O)c1cc2cnc(Nc3ccc(N4CCN(CC5CC6(CCN6C)C5)CC4)cn3)nc2n1C1CCCC1. The van der Waals surface area contributed by atoms with Gasteiger partial charge in [-0.2, -0.15) is 4.98 Å². The van der Waals surface area contributed by atoms with E-state index in [1.165, 1.54) is 45.2 Å². The van der Waals surface area contributed by atoms with Crippen LogP contribution in [0.3, 0.4) is 0 Å². The van der Waals surface area contributed by atoms with Gasteiger partial charge >= 0.3 is 0 Å². The Morgan fingerprint density at radius 2 is 1.83 bits per heavy atom. The van der Waals surface area contributed by atoms with Crippen molar-refractivity contribution in [3.8, 4) is 0 Å². The van der Waals surface area contributed by atoms with Crippen molar-refractivity contribution in [2.75, 3.05) is 70.6 Å². The van der Waals surface area contributed by atoms with Gasteiger partial charge in [0.2, 0.25) is 5.95 Å². The predicted molar refractivity (Wildman–Crippen MR) is 162 cm³/mol. The number of nitrogens with zero attached hydrogens (tertiary/aromatic N) is 8. The number of fused-ring (bicyclic) bond motifs is 1. The summed E-state index contributed by atoms with van der Waals surface area (Å²) >= 11 is 0. The van der Waals surface area contributed by atoms with Gasteiger partial charge in [0.05, 0.1) is 11.9 Å². The molecule has 4 fully saturated rings. The second-order valence-corrected chi connectivity index (χ2v) is 13.0. The lowest BCUT2D eigenvalue weighted by atomic mass is 9.61. The second kappa shape index (κ2) is 10.5. The summed E-state index contributed by atoms with van der Waals surface area (Å²) in [5.74, 6) is 2.09. The van der Waals surface area contributed by atoms with Gasteiger partial charge in [0, 0.05) is 76.5 Å². The van der Waals surface area contributed by atoms with Crippen LogP contribution in [0.5, 0.6) is 0 Å². The summed E-state index contributed by atoms with van der Waals surface area (Å²) < 4.78 is 2.14. The summed E-state index contributed by atoms with van der Waals surface area (Å²) in [6.07, 6.45) is 12.4. The van der Waals surface area contributed by atoms with Gasteiger partial charge in [-0.25, -0.2) is 9.97 Å². The number of hydrogen-bond acceptors (Lipinski definition) is 8. The van der Waals surface area contributed by atoms with Crippen LogP contribution in [-0.2, 0) is 0 Å². The fourth-order valence-electron chi connectivity index (χ4n) is 7.62. The molecule has 218 valence electrons. The molecule has 3 aromatic rings. The zero-order valence-corrected chi connectivity index (χ0v) is 24.7. The van der Waals surface area contributed by atoms with E-state index in [2.05, 4.69) is 42.7 Å². The van der Waals surface area contributed by atoms with E-state index in [4.69, 9.17) is 9.97 Å². The number of piperazine rings is 1. The highest BCUT2D eigenvalue weighted by Crippen LogP contribution is 2.49. The van der Waals surface area contributed by atoms with Crippen molar-refractivity contribution < 1.29 is 4.79 Å². The fraction of sp³-hybridized carbons (Fsp3) is 0.613. The summed E-state index contributed by atoms with van der Waals surface area (Å²) in [4.78, 5) is 36.4. The monoisotopic (exact) mass is 557 g/mol. The van der Waals surface area contributed by atoms with Crippen LogP contribution in [0.1, 0.15) is 61.5 Å². The Labute approximate surface area is 242 Å². The van der Waals surface area contributed by atoms with Crippen LogP contribution >= 0.6 is 0 Å². The van der Waals surface area contributed by atoms with Crippen LogP contribution in [0, 0.1) is 5.92 Å². The van der Waals surface area contributed by atoms with Crippen LogP contribution in [0.4, 0.5) is 17.5 Å². The molecule has 10 nitrogen and oxygen atoms in total. The minimum absolute atomic E-state index is 0.000394. The zero-order valence-electron chi connectivity index (χ0n) is 24.7. The van der Waals surface area contributed by atoms with Crippen molar-refractivity contribution in [1.82, 2.24) is 34.2 Å². The Hall–Kier alpha value is -3.24. The molecule has 41 heavy (non-hydrogen) atoms. The molecule has 1 spiro atoms. The molecule has 0 unspecified atom stereocenters. The number of aromatic nitrogens is 4. The number of carbonyl (C=O) groups is 1. The van der Waals surface area contributed by atoms with E-state index in [0.717, 1.165) is 67.5 Å². The van der Waals surface area contributed by atoms with E-state index in [1.807, 2.05) is 24.5 Å². The lowest BCUT2D eigenvalue weighted by Crippen LogP contribution is -2.66. The minimum Gasteiger partial charge on any atom is -0.368 e. The molecule has 0 atom stereocenters. The average molecular weight is 558 g/mol. The maximum Gasteiger partial charge on any atom is 0.270 e. The molecular formula is C31H43N9O. The normalized spacial score (nSPS) is 25.4. The molecule has 5 heterocycles. The van der Waals surface area contributed by atoms with Gasteiger partial charge in [-0.15, -0.1) is 0 Å². The van der Waals surface area contributed by atoms with Crippen LogP contribution in [0.15, 0.2) is 30.6 Å². The first-order chi connectivity index (χ1) is 19.9. The third-order valence-electron chi connectivity index (χ3n) is 10.2. The standard InChI is InChI=1S/C31H43N9O/c1-36(2)29(41)26-16-23-19-33-30(35-28(23)40(26)24-6-4-5-7-24)34-27-9-8-25(20-32-27)39-14-12-38(13-15-39)21-22-17-31(18-22)10-11-37(31)3/h8-9,16,19-20,22,24H,4-7,10-15,17-18,21H2,1-3H3,(H,32,33,34,35). The molecule has 2 aliphatic carbocycles. The van der Waals surface area contributed by atoms with Gasteiger partial charge in [0.15, 0.2) is 0 Å². The Bertz CT molecular complexity index is 1400. The maximum absolute atomic E-state index is 13.0. The van der Waals surface area contributed by atoms with Gasteiger partial charge in [-0.3, -0.25) is 9.69 Å². The molecule has 0 aromatic carbocycles. The topological polar surface area (TPSA) is 85.7 Å². The lowest BCUT2D eigenvalue weighted by molar-refractivity contribution is -0.0941. The van der Waals surface area contributed by atoms with Crippen molar-refractivity contribution >= 4 is 34.4 Å². The summed E-state index contributed by atoms with van der Waals surface area (Å²) in [5, 5.41) is 4.18. The highest BCUT2D eigenvalue weighted by molar-refractivity contribution is 5.97. The fourth-order valence-corrected chi connectivity index (χ4v) is 7.62. The Balaban J connectivity index is 0.986. The molecule has 1 amide bonds. The quantitative estimate of drug-likeness (QED) is 0.467. The van der Waals surface area contributed by atoms with Crippen molar-refractivity contribution in [2.45, 2.75) is 56.5 Å². The van der Waals surface area contributed by atoms with Crippen LogP contribution in [-0.4, -0.2) is 106 Å². The lowest BCUT2D eigenvalue weighted by Gasteiger charge is -2.61. The van der Waals surface area contributed by atoms with E-state index in [1.54, 1.807) is 19.0 Å². The first kappa shape index (κ1) is 26.6. The molecule has 0 bridgehead atoms. The van der Waals surface area contributed by atoms with Gasteiger partial charge in [-0.05, 0) is 63.3 Å². The summed E-state index contributed by atoms with van der Waals surface area (Å²) in [5.41, 5.74) is 3.23. The van der Waals surface area contributed by atoms with Crippen molar-refractivity contribution in [1.29, 1.82) is 0 Å². The number of carbonyl (C=O) groups excluding carboxylic acids is 1. The molecule has 2 saturated heterocycles. The van der Waals surface area contributed by atoms with E-state index in [9.17, 15) is 4.79 Å². The number of hydrogen-bond donors (Lipinski definition) is 1. The number of anilines is 3. The maximum atomic E-state index is 13.0. The molecule has 1 N–H and O–H groups in total. The molecular weight excluding hydrogens is 514 g/mol. The zero-order chi connectivity index (χ0) is 28.1. The number of rotatable bonds is 7. The number of pyridine rings is 1. The Kier molecular flexibility index (Phi) is 6.85. The van der Waals surface area contributed by atoms with Gasteiger partial charge in [-0.1, -0.05) is 12.8 Å².